The van der Waals surface area contributed by atoms with E-state index < -0.39 is 0 Å². The summed E-state index contributed by atoms with van der Waals surface area (Å²) in [7, 11) is 0. The Hall–Kier alpha value is -0.420. The van der Waals surface area contributed by atoms with Gasteiger partial charge in [-0.3, -0.25) is 0 Å². The second-order valence-corrected chi connectivity index (χ2v) is 5.09. The summed E-state index contributed by atoms with van der Waals surface area (Å²) in [6, 6.07) is 12.8. The van der Waals surface area contributed by atoms with Crippen LogP contribution in [0.4, 0.5) is 4.39 Å². The van der Waals surface area contributed by atoms with Crippen molar-refractivity contribution in [2.24, 2.45) is 0 Å². The van der Waals surface area contributed by atoms with Crippen LogP contribution in [-0.2, 0) is 0 Å². The maximum Gasteiger partial charge on any atom is 0.132 e. The van der Waals surface area contributed by atoms with Crippen LogP contribution in [0.2, 0.25) is 0 Å². The lowest BCUT2D eigenvalue weighted by molar-refractivity contribution is 0.630. The van der Waals surface area contributed by atoms with Gasteiger partial charge in [0.05, 0.1) is 0 Å². The lowest BCUT2D eigenvalue weighted by Gasteiger charge is -2.07. The van der Waals surface area contributed by atoms with E-state index >= 15 is 0 Å². The predicted octanol–water partition coefficient (Wildman–Crippen LogP) is 4.86. The molecule has 3 heteroatoms. The first-order valence-corrected chi connectivity index (χ1v) is 6.26. The molecular formula is C12H7BrFI. The van der Waals surface area contributed by atoms with Gasteiger partial charge in [-0.1, -0.05) is 40.2 Å². The molecule has 2 aromatic rings. The maximum atomic E-state index is 13.7. The molecule has 0 saturated carbocycles. The smallest absolute Gasteiger partial charge is 0.132 e. The van der Waals surface area contributed by atoms with Gasteiger partial charge in [0, 0.05) is 13.6 Å². The van der Waals surface area contributed by atoms with Gasteiger partial charge >= 0.3 is 0 Å². The third-order valence-electron chi connectivity index (χ3n) is 2.11. The summed E-state index contributed by atoms with van der Waals surface area (Å²) in [6.07, 6.45) is 0. The van der Waals surface area contributed by atoms with Crippen LogP contribution in [0, 0.1) is 9.39 Å². The van der Waals surface area contributed by atoms with Crippen LogP contribution in [-0.4, -0.2) is 0 Å². The van der Waals surface area contributed by atoms with E-state index in [9.17, 15) is 4.39 Å². The fourth-order valence-electron chi connectivity index (χ4n) is 1.42. The van der Waals surface area contributed by atoms with Gasteiger partial charge in [-0.2, -0.15) is 0 Å². The first-order chi connectivity index (χ1) is 7.20. The number of hydrogen-bond donors (Lipinski definition) is 0. The third kappa shape index (κ3) is 2.23. The fraction of sp³-hybridized carbons (Fsp3) is 0. The summed E-state index contributed by atoms with van der Waals surface area (Å²) < 4.78 is 15.5. The summed E-state index contributed by atoms with van der Waals surface area (Å²) >= 11 is 5.58. The minimum atomic E-state index is -0.200. The zero-order valence-corrected chi connectivity index (χ0v) is 11.4. The number of hydrogen-bond acceptors (Lipinski definition) is 0. The average molecular weight is 377 g/mol. The van der Waals surface area contributed by atoms with Crippen LogP contribution in [0.3, 0.4) is 0 Å². The Kier molecular flexibility index (Phi) is 3.41. The van der Waals surface area contributed by atoms with Crippen LogP contribution >= 0.6 is 38.5 Å². The quantitative estimate of drug-likeness (QED) is 0.623. The number of rotatable bonds is 1. The Labute approximate surface area is 110 Å². The molecule has 0 unspecified atom stereocenters. The zero-order chi connectivity index (χ0) is 10.8. The molecule has 0 aromatic heterocycles. The summed E-state index contributed by atoms with van der Waals surface area (Å²) in [4.78, 5) is 0. The van der Waals surface area contributed by atoms with Crippen molar-refractivity contribution in [2.45, 2.75) is 0 Å². The molecular weight excluding hydrogens is 370 g/mol. The SMILES string of the molecule is Fc1cccc(Br)c1-c1ccccc1I. The lowest BCUT2D eigenvalue weighted by Crippen LogP contribution is -1.88. The molecule has 0 heterocycles. The van der Waals surface area contributed by atoms with Gasteiger partial charge in [0.25, 0.3) is 0 Å². The molecule has 0 spiro atoms. The molecule has 2 rings (SSSR count). The molecule has 0 bridgehead atoms. The highest BCUT2D eigenvalue weighted by Gasteiger charge is 2.10. The van der Waals surface area contributed by atoms with Crippen LogP contribution < -0.4 is 0 Å². The van der Waals surface area contributed by atoms with Crippen LogP contribution in [0.5, 0.6) is 0 Å². The van der Waals surface area contributed by atoms with E-state index in [1.807, 2.05) is 30.3 Å². The Balaban J connectivity index is 2.69. The molecule has 0 aliphatic carbocycles. The zero-order valence-electron chi connectivity index (χ0n) is 7.68. The minimum absolute atomic E-state index is 0.200. The average Bonchev–Trinajstić information content (AvgIpc) is 2.20. The van der Waals surface area contributed by atoms with E-state index in [0.29, 0.717) is 5.56 Å². The lowest BCUT2D eigenvalue weighted by atomic mass is 10.1. The van der Waals surface area contributed by atoms with Gasteiger partial charge in [-0.25, -0.2) is 4.39 Å². The summed E-state index contributed by atoms with van der Waals surface area (Å²) in [5.74, 6) is -0.200. The van der Waals surface area contributed by atoms with E-state index in [1.54, 1.807) is 6.07 Å². The molecule has 0 fully saturated rings. The topological polar surface area (TPSA) is 0 Å². The number of benzene rings is 2. The molecule has 0 saturated heterocycles. The Morgan fingerprint density at radius 2 is 1.73 bits per heavy atom. The van der Waals surface area contributed by atoms with Crippen LogP contribution in [0.1, 0.15) is 0 Å². The summed E-state index contributed by atoms with van der Waals surface area (Å²) in [5.41, 5.74) is 1.55. The van der Waals surface area contributed by atoms with E-state index in [-0.39, 0.29) is 5.82 Å². The van der Waals surface area contributed by atoms with Crippen molar-refractivity contribution < 1.29 is 4.39 Å². The molecule has 0 amide bonds. The maximum absolute atomic E-state index is 13.7. The minimum Gasteiger partial charge on any atom is -0.206 e. The molecule has 0 nitrogen and oxygen atoms in total. The van der Waals surface area contributed by atoms with Crippen molar-refractivity contribution in [1.29, 1.82) is 0 Å². The Morgan fingerprint density at radius 3 is 2.40 bits per heavy atom. The van der Waals surface area contributed by atoms with E-state index in [1.165, 1.54) is 6.07 Å². The molecule has 76 valence electrons. The van der Waals surface area contributed by atoms with Crippen molar-refractivity contribution in [3.8, 4) is 11.1 Å². The van der Waals surface area contributed by atoms with E-state index in [4.69, 9.17) is 0 Å². The normalized spacial score (nSPS) is 10.3. The van der Waals surface area contributed by atoms with Gasteiger partial charge in [0.15, 0.2) is 0 Å². The largest absolute Gasteiger partial charge is 0.206 e. The predicted molar refractivity (Wildman–Crippen MR) is 72.3 cm³/mol. The molecule has 0 aliphatic heterocycles. The van der Waals surface area contributed by atoms with E-state index in [0.717, 1.165) is 13.6 Å². The highest BCUT2D eigenvalue weighted by Crippen LogP contribution is 2.33. The highest BCUT2D eigenvalue weighted by atomic mass is 127. The van der Waals surface area contributed by atoms with Crippen molar-refractivity contribution in [1.82, 2.24) is 0 Å². The molecule has 0 atom stereocenters. The van der Waals surface area contributed by atoms with Crippen molar-refractivity contribution >= 4 is 38.5 Å². The summed E-state index contributed by atoms with van der Waals surface area (Å²) in [6.45, 7) is 0. The van der Waals surface area contributed by atoms with Gasteiger partial charge < -0.3 is 0 Å². The molecule has 0 radical (unpaired) electrons. The molecule has 15 heavy (non-hydrogen) atoms. The van der Waals surface area contributed by atoms with Gasteiger partial charge in [0.2, 0.25) is 0 Å². The summed E-state index contributed by atoms with van der Waals surface area (Å²) in [5, 5.41) is 0. The second-order valence-electron chi connectivity index (χ2n) is 3.08. The van der Waals surface area contributed by atoms with Crippen LogP contribution in [0.15, 0.2) is 46.9 Å². The standard InChI is InChI=1S/C12H7BrFI/c13-9-5-3-6-10(14)12(9)8-4-1-2-7-11(8)15/h1-7H. The third-order valence-corrected chi connectivity index (χ3v) is 3.71. The first kappa shape index (κ1) is 11.1. The first-order valence-electron chi connectivity index (χ1n) is 4.39. The Bertz CT molecular complexity index is 476. The molecule has 0 N–H and O–H groups in total. The van der Waals surface area contributed by atoms with Gasteiger partial charge in [0.1, 0.15) is 5.82 Å². The number of halogens is 3. The second kappa shape index (κ2) is 4.61. The molecule has 0 aliphatic rings. The highest BCUT2D eigenvalue weighted by molar-refractivity contribution is 14.1. The van der Waals surface area contributed by atoms with E-state index in [2.05, 4.69) is 38.5 Å². The fourth-order valence-corrected chi connectivity index (χ4v) is 2.63. The van der Waals surface area contributed by atoms with Crippen LogP contribution in [0.25, 0.3) is 11.1 Å². The Morgan fingerprint density at radius 1 is 1.00 bits per heavy atom. The van der Waals surface area contributed by atoms with Crippen molar-refractivity contribution in [3.63, 3.8) is 0 Å². The monoisotopic (exact) mass is 376 g/mol. The van der Waals surface area contributed by atoms with Gasteiger partial charge in [-0.05, 0) is 46.4 Å². The van der Waals surface area contributed by atoms with Gasteiger partial charge in [-0.15, -0.1) is 0 Å². The van der Waals surface area contributed by atoms with Crippen molar-refractivity contribution in [2.75, 3.05) is 0 Å². The molecule has 2 aromatic carbocycles. The van der Waals surface area contributed by atoms with Crippen molar-refractivity contribution in [3.05, 3.63) is 56.3 Å².